The molecule has 4 nitrogen and oxygen atoms in total. The van der Waals surface area contributed by atoms with Crippen molar-refractivity contribution in [1.29, 1.82) is 0 Å². The molecule has 2 rings (SSSR count). The molecule has 0 bridgehead atoms. The summed E-state index contributed by atoms with van der Waals surface area (Å²) in [5.41, 5.74) is 0. The molecule has 2 heterocycles. The van der Waals surface area contributed by atoms with Crippen molar-refractivity contribution in [3.05, 3.63) is 0 Å². The van der Waals surface area contributed by atoms with E-state index in [9.17, 15) is 4.79 Å². The minimum Gasteiger partial charge on any atom is -0.336 e. The number of rotatable bonds is 1. The van der Waals surface area contributed by atoms with Crippen LogP contribution in [0.15, 0.2) is 0 Å². The standard InChI is InChI=1S/C8H15N3O.ClH/c12-8-10-4-5-11(8)7-2-1-3-9-6-7;/h7,9H,1-6H2,(H,10,12);1H. The normalized spacial score (nSPS) is 28.2. The predicted octanol–water partition coefficient (Wildman–Crippen LogP) is 0.185. The summed E-state index contributed by atoms with van der Waals surface area (Å²) in [4.78, 5) is 13.2. The number of nitrogens with zero attached hydrogens (tertiary/aromatic N) is 1. The molecule has 0 aromatic carbocycles. The third-order valence-electron chi connectivity index (χ3n) is 2.60. The maximum atomic E-state index is 11.3. The van der Waals surface area contributed by atoms with Gasteiger partial charge in [0.25, 0.3) is 0 Å². The molecule has 1 unspecified atom stereocenters. The van der Waals surface area contributed by atoms with Gasteiger partial charge in [-0.2, -0.15) is 0 Å². The quantitative estimate of drug-likeness (QED) is 0.642. The van der Waals surface area contributed by atoms with E-state index < -0.39 is 0 Å². The molecule has 2 N–H and O–H groups in total. The van der Waals surface area contributed by atoms with Crippen LogP contribution in [0.5, 0.6) is 0 Å². The lowest BCUT2D eigenvalue weighted by Gasteiger charge is -2.30. The number of hydrogen-bond donors (Lipinski definition) is 2. The van der Waals surface area contributed by atoms with Crippen LogP contribution in [-0.2, 0) is 0 Å². The third-order valence-corrected chi connectivity index (χ3v) is 2.60. The van der Waals surface area contributed by atoms with E-state index in [0.717, 1.165) is 32.6 Å². The van der Waals surface area contributed by atoms with E-state index in [-0.39, 0.29) is 18.4 Å². The van der Waals surface area contributed by atoms with Crippen molar-refractivity contribution in [2.75, 3.05) is 26.2 Å². The van der Waals surface area contributed by atoms with Gasteiger partial charge in [-0.15, -0.1) is 12.4 Å². The van der Waals surface area contributed by atoms with Crippen molar-refractivity contribution in [1.82, 2.24) is 15.5 Å². The smallest absolute Gasteiger partial charge is 0.317 e. The minimum atomic E-state index is 0. The fourth-order valence-electron chi connectivity index (χ4n) is 1.93. The van der Waals surface area contributed by atoms with E-state index in [2.05, 4.69) is 10.6 Å². The highest BCUT2D eigenvalue weighted by molar-refractivity contribution is 5.85. The number of halogens is 1. The van der Waals surface area contributed by atoms with E-state index in [4.69, 9.17) is 0 Å². The Morgan fingerprint density at radius 2 is 2.23 bits per heavy atom. The first-order chi connectivity index (χ1) is 5.88. The summed E-state index contributed by atoms with van der Waals surface area (Å²) >= 11 is 0. The lowest BCUT2D eigenvalue weighted by molar-refractivity contribution is 0.185. The molecule has 13 heavy (non-hydrogen) atoms. The summed E-state index contributed by atoms with van der Waals surface area (Å²) in [6.45, 7) is 3.76. The van der Waals surface area contributed by atoms with Gasteiger partial charge >= 0.3 is 6.03 Å². The molecule has 0 aromatic heterocycles. The average Bonchev–Trinajstić information content (AvgIpc) is 2.53. The molecule has 1 atom stereocenters. The number of piperidine rings is 1. The predicted molar refractivity (Wildman–Crippen MR) is 53.2 cm³/mol. The van der Waals surface area contributed by atoms with Crippen LogP contribution >= 0.6 is 12.4 Å². The van der Waals surface area contributed by atoms with Crippen LogP contribution in [0.1, 0.15) is 12.8 Å². The highest BCUT2D eigenvalue weighted by atomic mass is 35.5. The molecule has 2 fully saturated rings. The van der Waals surface area contributed by atoms with Crippen molar-refractivity contribution < 1.29 is 4.79 Å². The third kappa shape index (κ3) is 2.25. The molecule has 0 spiro atoms. The number of urea groups is 1. The summed E-state index contributed by atoms with van der Waals surface area (Å²) in [5, 5.41) is 6.14. The number of carbonyl (C=O) groups excluding carboxylic acids is 1. The van der Waals surface area contributed by atoms with Gasteiger partial charge in [-0.25, -0.2) is 4.79 Å². The van der Waals surface area contributed by atoms with E-state index in [0.29, 0.717) is 6.04 Å². The monoisotopic (exact) mass is 205 g/mol. The first-order valence-electron chi connectivity index (χ1n) is 4.63. The Balaban J connectivity index is 0.000000845. The summed E-state index contributed by atoms with van der Waals surface area (Å²) < 4.78 is 0. The van der Waals surface area contributed by atoms with E-state index >= 15 is 0 Å². The SMILES string of the molecule is Cl.O=C1NCCN1C1CCCNC1. The Morgan fingerprint density at radius 3 is 2.77 bits per heavy atom. The zero-order chi connectivity index (χ0) is 8.39. The number of amides is 2. The minimum absolute atomic E-state index is 0. The Kier molecular flexibility index (Phi) is 3.81. The zero-order valence-corrected chi connectivity index (χ0v) is 8.40. The number of carbonyl (C=O) groups is 1. The highest BCUT2D eigenvalue weighted by Crippen LogP contribution is 2.12. The zero-order valence-electron chi connectivity index (χ0n) is 7.58. The van der Waals surface area contributed by atoms with Gasteiger partial charge in [-0.3, -0.25) is 0 Å². The van der Waals surface area contributed by atoms with Crippen molar-refractivity contribution in [3.8, 4) is 0 Å². The van der Waals surface area contributed by atoms with Crippen LogP contribution in [0, 0.1) is 0 Å². The molecule has 2 saturated heterocycles. The van der Waals surface area contributed by atoms with Crippen molar-refractivity contribution in [2.24, 2.45) is 0 Å². The molecule has 0 radical (unpaired) electrons. The number of hydrogen-bond acceptors (Lipinski definition) is 2. The molecule has 5 heteroatoms. The topological polar surface area (TPSA) is 44.4 Å². The van der Waals surface area contributed by atoms with Gasteiger partial charge in [0.15, 0.2) is 0 Å². The van der Waals surface area contributed by atoms with E-state index in [1.165, 1.54) is 6.42 Å². The average molecular weight is 206 g/mol. The van der Waals surface area contributed by atoms with Gasteiger partial charge in [-0.1, -0.05) is 0 Å². The Hall–Kier alpha value is -0.480. The van der Waals surface area contributed by atoms with Crippen LogP contribution < -0.4 is 10.6 Å². The van der Waals surface area contributed by atoms with Gasteiger partial charge in [0.1, 0.15) is 0 Å². The van der Waals surface area contributed by atoms with Crippen LogP contribution in [0.3, 0.4) is 0 Å². The van der Waals surface area contributed by atoms with E-state index in [1.807, 2.05) is 4.90 Å². The van der Waals surface area contributed by atoms with Crippen molar-refractivity contribution in [2.45, 2.75) is 18.9 Å². The Morgan fingerprint density at radius 1 is 1.38 bits per heavy atom. The van der Waals surface area contributed by atoms with Crippen LogP contribution in [0.2, 0.25) is 0 Å². The van der Waals surface area contributed by atoms with Gasteiger partial charge in [-0.05, 0) is 19.4 Å². The van der Waals surface area contributed by atoms with Gasteiger partial charge in [0.05, 0.1) is 0 Å². The van der Waals surface area contributed by atoms with Crippen LogP contribution in [-0.4, -0.2) is 43.2 Å². The number of nitrogens with one attached hydrogen (secondary N) is 2. The lowest BCUT2D eigenvalue weighted by Crippen LogP contribution is -2.47. The second-order valence-electron chi connectivity index (χ2n) is 3.43. The van der Waals surface area contributed by atoms with Crippen LogP contribution in [0.4, 0.5) is 4.79 Å². The van der Waals surface area contributed by atoms with Crippen molar-refractivity contribution in [3.63, 3.8) is 0 Å². The second-order valence-corrected chi connectivity index (χ2v) is 3.43. The fourth-order valence-corrected chi connectivity index (χ4v) is 1.93. The molecule has 0 aromatic rings. The molecular formula is C8H16ClN3O. The summed E-state index contributed by atoms with van der Waals surface area (Å²) in [6, 6.07) is 0.546. The first kappa shape index (κ1) is 10.6. The summed E-state index contributed by atoms with van der Waals surface area (Å²) in [5.74, 6) is 0. The molecule has 76 valence electrons. The molecular weight excluding hydrogens is 190 g/mol. The Labute approximate surface area is 84.5 Å². The molecule has 0 aliphatic carbocycles. The highest BCUT2D eigenvalue weighted by Gasteiger charge is 2.28. The molecule has 2 amide bonds. The van der Waals surface area contributed by atoms with Gasteiger partial charge in [0.2, 0.25) is 0 Å². The first-order valence-corrected chi connectivity index (χ1v) is 4.63. The van der Waals surface area contributed by atoms with E-state index in [1.54, 1.807) is 0 Å². The van der Waals surface area contributed by atoms with Crippen LogP contribution in [0.25, 0.3) is 0 Å². The van der Waals surface area contributed by atoms with Crippen molar-refractivity contribution >= 4 is 18.4 Å². The molecule has 2 aliphatic heterocycles. The Bertz CT molecular complexity index is 182. The second kappa shape index (κ2) is 4.67. The molecule has 0 saturated carbocycles. The summed E-state index contributed by atoms with van der Waals surface area (Å²) in [6.07, 6.45) is 2.34. The molecule has 2 aliphatic rings. The summed E-state index contributed by atoms with van der Waals surface area (Å²) in [7, 11) is 0. The van der Waals surface area contributed by atoms with Gasteiger partial charge in [0, 0.05) is 25.7 Å². The van der Waals surface area contributed by atoms with Gasteiger partial charge < -0.3 is 15.5 Å². The maximum Gasteiger partial charge on any atom is 0.317 e. The lowest BCUT2D eigenvalue weighted by atomic mass is 10.1. The maximum absolute atomic E-state index is 11.3. The fraction of sp³-hybridized carbons (Fsp3) is 0.875. The largest absolute Gasteiger partial charge is 0.336 e.